The second-order valence-electron chi connectivity index (χ2n) is 6.05. The molecule has 122 valence electrons. The van der Waals surface area contributed by atoms with E-state index in [1.807, 2.05) is 35.9 Å². The Hall–Kier alpha value is -2.28. The van der Waals surface area contributed by atoms with Gasteiger partial charge in [-0.25, -0.2) is 4.98 Å². The molecule has 3 heterocycles. The van der Waals surface area contributed by atoms with Gasteiger partial charge >= 0.3 is 0 Å². The van der Waals surface area contributed by atoms with Crippen LogP contribution in [0.25, 0.3) is 0 Å². The minimum atomic E-state index is 0.00164. The number of rotatable bonds is 5. The number of H-pyrrole nitrogens is 1. The van der Waals surface area contributed by atoms with Crippen LogP contribution in [-0.2, 0) is 11.3 Å². The van der Waals surface area contributed by atoms with Crippen molar-refractivity contribution in [3.8, 4) is 0 Å². The molecule has 0 aromatic carbocycles. The van der Waals surface area contributed by atoms with E-state index in [4.69, 9.17) is 0 Å². The summed E-state index contributed by atoms with van der Waals surface area (Å²) >= 11 is 0. The maximum atomic E-state index is 12.6. The van der Waals surface area contributed by atoms with E-state index in [1.54, 1.807) is 12.4 Å². The van der Waals surface area contributed by atoms with E-state index >= 15 is 0 Å². The fourth-order valence-corrected chi connectivity index (χ4v) is 3.02. The van der Waals surface area contributed by atoms with Gasteiger partial charge in [0.25, 0.3) is 0 Å². The highest BCUT2D eigenvalue weighted by atomic mass is 16.2. The monoisotopic (exact) mass is 314 g/mol. The number of likely N-dealkylation sites (N-methyl/N-ethyl adjacent to an activating group) is 1. The van der Waals surface area contributed by atoms with Gasteiger partial charge in [-0.2, -0.15) is 5.10 Å². The molecule has 1 amide bonds. The summed E-state index contributed by atoms with van der Waals surface area (Å²) in [6, 6.07) is 3.94. The van der Waals surface area contributed by atoms with Crippen molar-refractivity contribution in [2.75, 3.05) is 20.1 Å². The number of aryl methyl sites for hydroxylation is 1. The first-order valence-corrected chi connectivity index (χ1v) is 7.89. The Bertz CT molecular complexity index is 656. The summed E-state index contributed by atoms with van der Waals surface area (Å²) in [6.45, 7) is 3.77. The highest BCUT2D eigenvalue weighted by molar-refractivity contribution is 5.79. The third kappa shape index (κ3) is 3.73. The molecule has 0 aliphatic carbocycles. The number of carbonyl (C=O) groups is 1. The Labute approximate surface area is 135 Å². The van der Waals surface area contributed by atoms with E-state index < -0.39 is 0 Å². The Balaban J connectivity index is 1.60. The van der Waals surface area contributed by atoms with Gasteiger partial charge < -0.3 is 4.90 Å². The van der Waals surface area contributed by atoms with Crippen LogP contribution in [0.4, 0.5) is 0 Å². The van der Waals surface area contributed by atoms with Crippen LogP contribution in [0.3, 0.4) is 0 Å². The van der Waals surface area contributed by atoms with Gasteiger partial charge in [-0.15, -0.1) is 0 Å². The van der Waals surface area contributed by atoms with Crippen molar-refractivity contribution in [3.05, 3.63) is 41.7 Å². The van der Waals surface area contributed by atoms with Crippen LogP contribution in [0, 0.1) is 6.92 Å². The molecule has 1 atom stereocenters. The highest BCUT2D eigenvalue weighted by Crippen LogP contribution is 2.29. The molecular weight excluding hydrogens is 292 g/mol. The third-order valence-electron chi connectivity index (χ3n) is 4.09. The quantitative estimate of drug-likeness (QED) is 0.900. The van der Waals surface area contributed by atoms with E-state index in [0.29, 0.717) is 6.54 Å². The number of amides is 1. The average Bonchev–Trinajstić information content (AvgIpc) is 3.16. The summed E-state index contributed by atoms with van der Waals surface area (Å²) in [5.74, 6) is 1.64. The van der Waals surface area contributed by atoms with Crippen molar-refractivity contribution in [3.63, 3.8) is 0 Å². The zero-order valence-corrected chi connectivity index (χ0v) is 13.6. The van der Waals surface area contributed by atoms with Crippen molar-refractivity contribution in [2.45, 2.75) is 32.4 Å². The molecule has 2 aromatic heterocycles. The lowest BCUT2D eigenvalue weighted by Crippen LogP contribution is -2.38. The number of hydrogen-bond acceptors (Lipinski definition) is 5. The zero-order chi connectivity index (χ0) is 16.2. The van der Waals surface area contributed by atoms with E-state index in [-0.39, 0.29) is 11.9 Å². The van der Waals surface area contributed by atoms with Gasteiger partial charge in [0.1, 0.15) is 5.82 Å². The van der Waals surface area contributed by atoms with Crippen LogP contribution < -0.4 is 0 Å². The minimum Gasteiger partial charge on any atom is -0.331 e. The zero-order valence-electron chi connectivity index (χ0n) is 13.6. The maximum Gasteiger partial charge on any atom is 0.237 e. The lowest BCUT2D eigenvalue weighted by Gasteiger charge is -2.25. The van der Waals surface area contributed by atoms with Gasteiger partial charge in [0.05, 0.1) is 12.6 Å². The normalized spacial score (nSPS) is 17.9. The SMILES string of the molecule is Cc1nc(C2CCCN2C(=O)CN(C)Cc2ccncc2)n[nH]1. The van der Waals surface area contributed by atoms with Crippen molar-refractivity contribution in [1.29, 1.82) is 0 Å². The molecule has 0 bridgehead atoms. The van der Waals surface area contributed by atoms with Gasteiger partial charge in [-0.3, -0.25) is 19.8 Å². The molecule has 1 aliphatic heterocycles. The van der Waals surface area contributed by atoms with E-state index in [9.17, 15) is 4.79 Å². The Morgan fingerprint density at radius 1 is 1.43 bits per heavy atom. The van der Waals surface area contributed by atoms with Crippen molar-refractivity contribution in [2.24, 2.45) is 0 Å². The number of aromatic amines is 1. The van der Waals surface area contributed by atoms with Crippen molar-refractivity contribution < 1.29 is 4.79 Å². The Morgan fingerprint density at radius 3 is 2.91 bits per heavy atom. The number of hydrogen-bond donors (Lipinski definition) is 1. The molecular formula is C16H22N6O. The second kappa shape index (κ2) is 6.87. The predicted molar refractivity (Wildman–Crippen MR) is 85.4 cm³/mol. The first kappa shape index (κ1) is 15.6. The molecule has 0 saturated carbocycles. The lowest BCUT2D eigenvalue weighted by molar-refractivity contribution is -0.133. The van der Waals surface area contributed by atoms with Gasteiger partial charge in [-0.05, 0) is 44.5 Å². The number of carbonyl (C=O) groups excluding carboxylic acids is 1. The summed E-state index contributed by atoms with van der Waals surface area (Å²) in [5, 5.41) is 7.09. The summed E-state index contributed by atoms with van der Waals surface area (Å²) in [6.07, 6.45) is 5.47. The molecule has 1 saturated heterocycles. The Kier molecular flexibility index (Phi) is 4.66. The molecule has 23 heavy (non-hydrogen) atoms. The fraction of sp³-hybridized carbons (Fsp3) is 0.500. The summed E-state index contributed by atoms with van der Waals surface area (Å²) in [7, 11) is 1.96. The average molecular weight is 314 g/mol. The molecule has 1 N–H and O–H groups in total. The maximum absolute atomic E-state index is 12.6. The van der Waals surface area contributed by atoms with E-state index in [1.165, 1.54) is 0 Å². The summed E-state index contributed by atoms with van der Waals surface area (Å²) in [4.78, 5) is 25.0. The molecule has 3 rings (SSSR count). The van der Waals surface area contributed by atoms with Gasteiger partial charge in [0.2, 0.25) is 5.91 Å². The number of nitrogens with zero attached hydrogens (tertiary/aromatic N) is 5. The molecule has 1 fully saturated rings. The summed E-state index contributed by atoms with van der Waals surface area (Å²) in [5.41, 5.74) is 1.15. The van der Waals surface area contributed by atoms with Crippen LogP contribution in [0.1, 0.15) is 36.1 Å². The van der Waals surface area contributed by atoms with Crippen LogP contribution in [0.15, 0.2) is 24.5 Å². The van der Waals surface area contributed by atoms with Crippen LogP contribution in [0.5, 0.6) is 0 Å². The third-order valence-corrected chi connectivity index (χ3v) is 4.09. The smallest absolute Gasteiger partial charge is 0.237 e. The highest BCUT2D eigenvalue weighted by Gasteiger charge is 2.32. The largest absolute Gasteiger partial charge is 0.331 e. The summed E-state index contributed by atoms with van der Waals surface area (Å²) < 4.78 is 0. The van der Waals surface area contributed by atoms with Crippen LogP contribution in [0.2, 0.25) is 0 Å². The molecule has 2 aromatic rings. The van der Waals surface area contributed by atoms with Gasteiger partial charge in [-0.1, -0.05) is 0 Å². The number of likely N-dealkylation sites (tertiary alicyclic amines) is 1. The van der Waals surface area contributed by atoms with Crippen molar-refractivity contribution >= 4 is 5.91 Å². The number of aromatic nitrogens is 4. The molecule has 0 radical (unpaired) electrons. The first-order valence-electron chi connectivity index (χ1n) is 7.89. The molecule has 1 aliphatic rings. The standard InChI is InChI=1S/C16H22N6O/c1-12-18-16(20-19-12)14-4-3-9-22(14)15(23)11-21(2)10-13-5-7-17-8-6-13/h5-8,14H,3-4,9-11H2,1-2H3,(H,18,19,20). The van der Waals surface area contributed by atoms with Crippen LogP contribution in [-0.4, -0.2) is 56.0 Å². The fourth-order valence-electron chi connectivity index (χ4n) is 3.02. The molecule has 7 nitrogen and oxygen atoms in total. The number of pyridine rings is 1. The lowest BCUT2D eigenvalue weighted by atomic mass is 10.2. The topological polar surface area (TPSA) is 78.0 Å². The second-order valence-corrected chi connectivity index (χ2v) is 6.05. The van der Waals surface area contributed by atoms with Gasteiger partial charge in [0.15, 0.2) is 5.82 Å². The van der Waals surface area contributed by atoms with Gasteiger partial charge in [0, 0.05) is 25.5 Å². The number of nitrogens with one attached hydrogen (secondary N) is 1. The molecule has 7 heteroatoms. The molecule has 1 unspecified atom stereocenters. The van der Waals surface area contributed by atoms with Crippen molar-refractivity contribution in [1.82, 2.24) is 30.0 Å². The van der Waals surface area contributed by atoms with Crippen LogP contribution >= 0.6 is 0 Å². The Morgan fingerprint density at radius 2 is 2.22 bits per heavy atom. The van der Waals surface area contributed by atoms with E-state index in [0.717, 1.165) is 43.1 Å². The van der Waals surface area contributed by atoms with E-state index in [2.05, 4.69) is 20.2 Å². The first-order chi connectivity index (χ1) is 11.1. The minimum absolute atomic E-state index is 0.00164. The predicted octanol–water partition coefficient (Wildman–Crippen LogP) is 1.30. The molecule has 0 spiro atoms.